The normalized spacial score (nSPS) is 20.1. The zero-order valence-corrected chi connectivity index (χ0v) is 37.4. The summed E-state index contributed by atoms with van der Waals surface area (Å²) < 4.78 is 43.3. The number of aliphatic hydroxyl groups excluding tert-OH is 1. The van der Waals surface area contributed by atoms with Crippen LogP contribution in [-0.2, 0) is 50.4 Å². The molecular weight excluding hydrogens is 821 g/mol. The first kappa shape index (κ1) is 45.1. The van der Waals surface area contributed by atoms with E-state index >= 15 is 0 Å². The summed E-state index contributed by atoms with van der Waals surface area (Å²) in [5, 5.41) is 12.8. The number of piperazine rings is 1. The number of rotatable bonds is 16. The maximum Gasteiger partial charge on any atom is 0.241 e. The van der Waals surface area contributed by atoms with Crippen molar-refractivity contribution in [1.29, 1.82) is 0 Å². The number of nitrogens with one attached hydrogen (secondary N) is 2. The minimum atomic E-state index is -3.98. The fourth-order valence-electron chi connectivity index (χ4n) is 8.65. The molecule has 2 fully saturated rings. The second-order valence-electron chi connectivity index (χ2n) is 17.1. The molecule has 2 saturated heterocycles. The van der Waals surface area contributed by atoms with Crippen LogP contribution < -0.4 is 10.0 Å². The van der Waals surface area contributed by atoms with Gasteiger partial charge in [-0.05, 0) is 64.4 Å². The number of benzene rings is 6. The van der Waals surface area contributed by atoms with E-state index in [1.165, 1.54) is 5.56 Å². The number of aliphatic hydroxyl groups is 1. The number of aryl methyl sites for hydroxylation is 1. The first-order valence-electron chi connectivity index (χ1n) is 22.2. The molecule has 0 unspecified atom stereocenters. The summed E-state index contributed by atoms with van der Waals surface area (Å²) in [7, 11) is -3.98. The molecule has 2 aliphatic heterocycles. The molecule has 0 aliphatic carbocycles. The van der Waals surface area contributed by atoms with E-state index in [4.69, 9.17) is 9.47 Å². The largest absolute Gasteiger partial charge is 0.392 e. The Hall–Kier alpha value is -5.50. The molecule has 11 heteroatoms. The van der Waals surface area contributed by atoms with Crippen LogP contribution in [-0.4, -0.2) is 74.1 Å². The molecule has 3 N–H and O–H groups in total. The predicted octanol–water partition coefficient (Wildman–Crippen LogP) is 7.97. The van der Waals surface area contributed by atoms with Crippen molar-refractivity contribution in [2.45, 2.75) is 69.4 Å². The van der Waals surface area contributed by atoms with Crippen LogP contribution in [0.1, 0.15) is 58.3 Å². The number of carbonyl (C=O) groups is 1. The van der Waals surface area contributed by atoms with Crippen molar-refractivity contribution in [2.75, 3.05) is 32.7 Å². The van der Waals surface area contributed by atoms with Crippen LogP contribution in [0.2, 0.25) is 0 Å². The predicted molar refractivity (Wildman–Crippen MR) is 250 cm³/mol. The van der Waals surface area contributed by atoms with Crippen molar-refractivity contribution >= 4 is 15.9 Å². The molecule has 10 nitrogen and oxygen atoms in total. The molecule has 1 amide bonds. The molecule has 6 aromatic rings. The van der Waals surface area contributed by atoms with Gasteiger partial charge in [-0.15, -0.1) is 0 Å². The average Bonchev–Trinajstić information content (AvgIpc) is 3.33. The van der Waals surface area contributed by atoms with E-state index in [-0.39, 0.29) is 42.6 Å². The second kappa shape index (κ2) is 21.0. The Morgan fingerprint density at radius 2 is 1.31 bits per heavy atom. The van der Waals surface area contributed by atoms with Gasteiger partial charge < -0.3 is 19.9 Å². The molecule has 8 rings (SSSR count). The van der Waals surface area contributed by atoms with Gasteiger partial charge in [-0.3, -0.25) is 14.6 Å². The number of ether oxygens (including phenoxy) is 2. The fraction of sp³-hybridized carbons (Fsp3) is 0.302. The van der Waals surface area contributed by atoms with E-state index in [0.29, 0.717) is 0 Å². The highest BCUT2D eigenvalue weighted by Crippen LogP contribution is 2.42. The van der Waals surface area contributed by atoms with Gasteiger partial charge in [0.05, 0.1) is 23.7 Å². The van der Waals surface area contributed by atoms with Gasteiger partial charge >= 0.3 is 0 Å². The summed E-state index contributed by atoms with van der Waals surface area (Å²) in [6.07, 6.45) is -0.714. The highest BCUT2D eigenvalue weighted by atomic mass is 32.2. The zero-order chi connectivity index (χ0) is 44.5. The number of sulfonamides is 1. The van der Waals surface area contributed by atoms with Crippen molar-refractivity contribution in [3.63, 3.8) is 0 Å². The van der Waals surface area contributed by atoms with E-state index in [0.717, 1.165) is 83.8 Å². The summed E-state index contributed by atoms with van der Waals surface area (Å²) in [6.45, 7) is 9.95. The monoisotopic (exact) mass is 878 g/mol. The van der Waals surface area contributed by atoms with Gasteiger partial charge in [-0.25, -0.2) is 8.42 Å². The molecule has 5 atom stereocenters. The number of amides is 1. The first-order chi connectivity index (χ1) is 31.1. The van der Waals surface area contributed by atoms with Crippen LogP contribution >= 0.6 is 0 Å². The minimum absolute atomic E-state index is 0.0152. The lowest BCUT2D eigenvalue weighted by Gasteiger charge is -2.44. The lowest BCUT2D eigenvalue weighted by molar-refractivity contribution is -0.276. The van der Waals surface area contributed by atoms with E-state index in [2.05, 4.69) is 81.4 Å². The average molecular weight is 879 g/mol. The van der Waals surface area contributed by atoms with Crippen LogP contribution in [0.3, 0.4) is 0 Å². The van der Waals surface area contributed by atoms with Crippen LogP contribution in [0.5, 0.6) is 0 Å². The van der Waals surface area contributed by atoms with Crippen molar-refractivity contribution in [1.82, 2.24) is 19.8 Å². The highest BCUT2D eigenvalue weighted by molar-refractivity contribution is 7.89. The molecule has 332 valence electrons. The Balaban J connectivity index is 0.964. The zero-order valence-electron chi connectivity index (χ0n) is 36.6. The summed E-state index contributed by atoms with van der Waals surface area (Å²) in [5.41, 5.74) is 8.71. The molecule has 0 radical (unpaired) electrons. The van der Waals surface area contributed by atoms with E-state index in [1.807, 2.05) is 85.8 Å². The molecular formula is C53H58N4O6S. The lowest BCUT2D eigenvalue weighted by Crippen LogP contribution is -2.51. The van der Waals surface area contributed by atoms with Gasteiger partial charge in [0.2, 0.25) is 15.9 Å². The Morgan fingerprint density at radius 1 is 0.703 bits per heavy atom. The van der Waals surface area contributed by atoms with E-state index in [1.54, 1.807) is 24.3 Å². The molecule has 0 aromatic heterocycles. The maximum atomic E-state index is 13.9. The Bertz CT molecular complexity index is 2530. The lowest BCUT2D eigenvalue weighted by atomic mass is 9.89. The number of hydrogen-bond donors (Lipinski definition) is 3. The van der Waals surface area contributed by atoms with E-state index in [9.17, 15) is 18.3 Å². The third-order valence-corrected chi connectivity index (χ3v) is 14.0. The summed E-state index contributed by atoms with van der Waals surface area (Å²) in [5.74, 6) is -0.347. The quantitative estimate of drug-likeness (QED) is 0.0897. The van der Waals surface area contributed by atoms with Gasteiger partial charge in [0, 0.05) is 57.3 Å². The van der Waals surface area contributed by atoms with Crippen molar-refractivity contribution < 1.29 is 27.8 Å². The Morgan fingerprint density at radius 3 is 1.98 bits per heavy atom. The SMILES string of the molecule is Cc1ccc(S(=O)(=O)N[C@H](Cc2ccccc2)C(=O)NCc2ccccc2-c2ccc([C@@H]3O[C@H](CN4CCN(Cc5ccccc5)CC4)[C@H](C)[C@H](c4ccc(CO)cc4)O3)cc2)cc1. The second-order valence-corrected chi connectivity index (χ2v) is 18.8. The number of hydrogen-bond acceptors (Lipinski definition) is 8. The molecule has 6 aromatic carbocycles. The van der Waals surface area contributed by atoms with Gasteiger partial charge in [-0.1, -0.05) is 158 Å². The van der Waals surface area contributed by atoms with Crippen LogP contribution in [0.25, 0.3) is 11.1 Å². The molecule has 2 aliphatic rings. The van der Waals surface area contributed by atoms with Gasteiger partial charge in [0.15, 0.2) is 6.29 Å². The van der Waals surface area contributed by atoms with Gasteiger partial charge in [0.1, 0.15) is 6.04 Å². The maximum absolute atomic E-state index is 13.9. The molecule has 0 saturated carbocycles. The molecule has 2 heterocycles. The molecule has 64 heavy (non-hydrogen) atoms. The fourth-order valence-corrected chi connectivity index (χ4v) is 9.84. The van der Waals surface area contributed by atoms with Gasteiger partial charge in [0.25, 0.3) is 0 Å². The summed E-state index contributed by atoms with van der Waals surface area (Å²) in [4.78, 5) is 19.0. The van der Waals surface area contributed by atoms with Crippen molar-refractivity contribution in [3.05, 3.63) is 197 Å². The Labute approximate surface area is 377 Å². The molecule has 0 spiro atoms. The van der Waals surface area contributed by atoms with Crippen molar-refractivity contribution in [3.8, 4) is 11.1 Å². The van der Waals surface area contributed by atoms with Gasteiger partial charge in [-0.2, -0.15) is 4.72 Å². The van der Waals surface area contributed by atoms with Crippen LogP contribution in [0.4, 0.5) is 0 Å². The van der Waals surface area contributed by atoms with Crippen LogP contribution in [0, 0.1) is 12.8 Å². The third-order valence-electron chi connectivity index (χ3n) is 12.5. The van der Waals surface area contributed by atoms with Crippen LogP contribution in [0.15, 0.2) is 163 Å². The molecule has 0 bridgehead atoms. The minimum Gasteiger partial charge on any atom is -0.392 e. The Kier molecular flexibility index (Phi) is 14.8. The van der Waals surface area contributed by atoms with Crippen molar-refractivity contribution in [2.24, 2.45) is 5.92 Å². The topological polar surface area (TPSA) is 120 Å². The number of nitrogens with zero attached hydrogens (tertiary/aromatic N) is 2. The highest BCUT2D eigenvalue weighted by Gasteiger charge is 2.39. The summed E-state index contributed by atoms with van der Waals surface area (Å²) in [6, 6.07) is 49.7. The number of carbonyl (C=O) groups excluding carboxylic acids is 1. The van der Waals surface area contributed by atoms with E-state index < -0.39 is 28.3 Å². The smallest absolute Gasteiger partial charge is 0.241 e. The summed E-state index contributed by atoms with van der Waals surface area (Å²) >= 11 is 0. The first-order valence-corrected chi connectivity index (χ1v) is 23.7. The standard InChI is InChI=1S/C53H58N4O6S/c1-38-17-27-47(28-18-38)64(60,61)55-49(33-40-11-5-3-6-12-40)52(59)54-34-46-15-9-10-16-48(46)43-23-25-45(26-24-43)53-62-50(39(2)51(63-53)44-21-19-42(37-58)20-22-44)36-57-31-29-56(30-32-57)35-41-13-7-4-8-14-41/h3-28,39,49-51,53,55,58H,29-37H2,1-2H3,(H,54,59)/t39-,49+,50+,51+,53+/m0/s1. The third kappa shape index (κ3) is 11.4.